The molecule has 0 fully saturated rings. The molecular formula is C20H29FN6. The van der Waals surface area contributed by atoms with Gasteiger partial charge in [-0.3, -0.25) is 4.99 Å². The van der Waals surface area contributed by atoms with Crippen LogP contribution in [-0.2, 0) is 18.4 Å². The topological polar surface area (TPSA) is 67.1 Å². The minimum atomic E-state index is -0.257. The smallest absolute Gasteiger partial charge is 0.191 e. The highest BCUT2D eigenvalue weighted by molar-refractivity contribution is 5.80. The number of guanidine groups is 1. The molecule has 0 amide bonds. The van der Waals surface area contributed by atoms with E-state index in [2.05, 4.69) is 41.5 Å². The van der Waals surface area contributed by atoms with E-state index in [1.54, 1.807) is 12.1 Å². The molecule has 146 valence electrons. The fourth-order valence-electron chi connectivity index (χ4n) is 3.34. The molecule has 1 aromatic carbocycles. The summed E-state index contributed by atoms with van der Waals surface area (Å²) in [5.41, 5.74) is 0.690. The quantitative estimate of drug-likeness (QED) is 0.625. The Morgan fingerprint density at radius 3 is 2.96 bits per heavy atom. The number of aromatic nitrogens is 3. The Hall–Kier alpha value is -2.44. The molecule has 0 saturated heterocycles. The number of fused-ring (bicyclic) bond motifs is 1. The third-order valence-electron chi connectivity index (χ3n) is 4.89. The number of aryl methyl sites for hydroxylation is 2. The lowest BCUT2D eigenvalue weighted by Crippen LogP contribution is -2.47. The first kappa shape index (κ1) is 19.3. The van der Waals surface area contributed by atoms with E-state index in [1.165, 1.54) is 6.07 Å². The highest BCUT2D eigenvalue weighted by Gasteiger charge is 2.23. The van der Waals surface area contributed by atoms with Crippen molar-refractivity contribution in [2.24, 2.45) is 4.99 Å². The summed E-state index contributed by atoms with van der Waals surface area (Å²) >= 11 is 0. The molecule has 0 spiro atoms. The van der Waals surface area contributed by atoms with Crippen LogP contribution in [0.5, 0.6) is 0 Å². The summed E-state index contributed by atoms with van der Waals surface area (Å²) < 4.78 is 15.6. The van der Waals surface area contributed by atoms with Crippen molar-refractivity contribution in [3.8, 4) is 0 Å². The van der Waals surface area contributed by atoms with Crippen molar-refractivity contribution in [2.75, 3.05) is 13.1 Å². The van der Waals surface area contributed by atoms with Gasteiger partial charge >= 0.3 is 0 Å². The molecule has 1 aliphatic rings. The highest BCUT2D eigenvalue weighted by atomic mass is 19.1. The van der Waals surface area contributed by atoms with Crippen molar-refractivity contribution in [3.63, 3.8) is 0 Å². The van der Waals surface area contributed by atoms with Crippen LogP contribution < -0.4 is 10.6 Å². The lowest BCUT2D eigenvalue weighted by atomic mass is 9.85. The summed E-state index contributed by atoms with van der Waals surface area (Å²) in [6.07, 6.45) is 1.91. The zero-order valence-corrected chi connectivity index (χ0v) is 16.6. The van der Waals surface area contributed by atoms with Crippen LogP contribution in [0.2, 0.25) is 0 Å². The number of rotatable bonds is 5. The molecule has 3 rings (SSSR count). The predicted octanol–water partition coefficient (Wildman–Crippen LogP) is 2.57. The Balaban J connectivity index is 1.68. The Kier molecular flexibility index (Phi) is 5.77. The van der Waals surface area contributed by atoms with Crippen molar-refractivity contribution in [1.82, 2.24) is 25.4 Å². The van der Waals surface area contributed by atoms with E-state index in [0.29, 0.717) is 6.54 Å². The maximum Gasteiger partial charge on any atom is 0.191 e. The van der Waals surface area contributed by atoms with Gasteiger partial charge in [-0.05, 0) is 38.0 Å². The summed E-state index contributed by atoms with van der Waals surface area (Å²) in [7, 11) is 0. The van der Waals surface area contributed by atoms with Crippen LogP contribution in [0.3, 0.4) is 0 Å². The van der Waals surface area contributed by atoms with Crippen LogP contribution in [0.25, 0.3) is 0 Å². The van der Waals surface area contributed by atoms with Gasteiger partial charge in [0.05, 0.1) is 13.1 Å². The van der Waals surface area contributed by atoms with Crippen LogP contribution >= 0.6 is 0 Å². The largest absolute Gasteiger partial charge is 0.357 e. The number of nitrogens with one attached hydrogen (secondary N) is 2. The third-order valence-corrected chi connectivity index (χ3v) is 4.89. The monoisotopic (exact) mass is 372 g/mol. The standard InChI is InChI=1S/C20H29FN6/c1-5-22-19(23-13-20(3,4)15-7-6-8-16(21)11-15)25-17-9-10-18-24-14(2)26-27(18)12-17/h6-8,11,17H,5,9-10,12-13H2,1-4H3,(H2,22,23,25). The Labute approximate surface area is 160 Å². The molecule has 0 radical (unpaired) electrons. The molecule has 7 heteroatoms. The van der Waals surface area contributed by atoms with Gasteiger partial charge in [0.2, 0.25) is 0 Å². The van der Waals surface area contributed by atoms with Crippen LogP contribution in [-0.4, -0.2) is 39.9 Å². The van der Waals surface area contributed by atoms with Gasteiger partial charge in [-0.15, -0.1) is 0 Å². The fourth-order valence-corrected chi connectivity index (χ4v) is 3.34. The van der Waals surface area contributed by atoms with Gasteiger partial charge in [0.15, 0.2) is 5.96 Å². The van der Waals surface area contributed by atoms with E-state index in [9.17, 15) is 4.39 Å². The fraction of sp³-hybridized carbons (Fsp3) is 0.550. The third kappa shape index (κ3) is 4.84. The molecule has 2 aromatic rings. The summed E-state index contributed by atoms with van der Waals surface area (Å²) in [5.74, 6) is 2.45. The molecule has 1 aromatic heterocycles. The second-order valence-corrected chi connectivity index (χ2v) is 7.73. The minimum absolute atomic E-state index is 0.212. The van der Waals surface area contributed by atoms with Crippen LogP contribution in [0.4, 0.5) is 4.39 Å². The van der Waals surface area contributed by atoms with Gasteiger partial charge in [-0.1, -0.05) is 26.0 Å². The first-order valence-corrected chi connectivity index (χ1v) is 9.58. The van der Waals surface area contributed by atoms with E-state index < -0.39 is 0 Å². The van der Waals surface area contributed by atoms with Gasteiger partial charge in [0, 0.05) is 24.4 Å². The van der Waals surface area contributed by atoms with Gasteiger partial charge in [-0.2, -0.15) is 5.10 Å². The lowest BCUT2D eigenvalue weighted by Gasteiger charge is -2.27. The normalized spacial score (nSPS) is 17.5. The van der Waals surface area contributed by atoms with Gasteiger partial charge < -0.3 is 10.6 Å². The average Bonchev–Trinajstić information content (AvgIpc) is 2.99. The van der Waals surface area contributed by atoms with Crippen molar-refractivity contribution in [3.05, 3.63) is 47.3 Å². The van der Waals surface area contributed by atoms with E-state index in [1.807, 2.05) is 17.7 Å². The molecule has 1 unspecified atom stereocenters. The predicted molar refractivity (Wildman–Crippen MR) is 105 cm³/mol. The second-order valence-electron chi connectivity index (χ2n) is 7.73. The second kappa shape index (κ2) is 8.06. The molecule has 0 saturated carbocycles. The first-order valence-electron chi connectivity index (χ1n) is 9.58. The van der Waals surface area contributed by atoms with E-state index >= 15 is 0 Å². The number of benzene rings is 1. The van der Waals surface area contributed by atoms with E-state index in [4.69, 9.17) is 4.99 Å². The van der Waals surface area contributed by atoms with Crippen LogP contribution in [0.1, 0.15) is 44.4 Å². The van der Waals surface area contributed by atoms with Crippen LogP contribution in [0, 0.1) is 12.7 Å². The van der Waals surface area contributed by atoms with Crippen molar-refractivity contribution >= 4 is 5.96 Å². The SMILES string of the molecule is CCNC(=NCC(C)(C)c1cccc(F)c1)NC1CCc2nc(C)nn2C1. The number of hydrogen-bond donors (Lipinski definition) is 2. The maximum absolute atomic E-state index is 13.6. The number of halogens is 1. The number of aliphatic imine (C=N–C) groups is 1. The number of hydrogen-bond acceptors (Lipinski definition) is 3. The van der Waals surface area contributed by atoms with Gasteiger partial charge in [0.1, 0.15) is 17.5 Å². The zero-order chi connectivity index (χ0) is 19.4. The molecule has 6 nitrogen and oxygen atoms in total. The molecule has 2 heterocycles. The van der Waals surface area contributed by atoms with Crippen LogP contribution in [0.15, 0.2) is 29.3 Å². The van der Waals surface area contributed by atoms with Crippen molar-refractivity contribution in [1.29, 1.82) is 0 Å². The Bertz CT molecular complexity index is 811. The number of nitrogens with zero attached hydrogens (tertiary/aromatic N) is 4. The van der Waals surface area contributed by atoms with Gasteiger partial charge in [0.25, 0.3) is 0 Å². The molecule has 1 atom stereocenters. The maximum atomic E-state index is 13.6. The molecule has 27 heavy (non-hydrogen) atoms. The minimum Gasteiger partial charge on any atom is -0.357 e. The van der Waals surface area contributed by atoms with Gasteiger partial charge in [-0.25, -0.2) is 14.1 Å². The lowest BCUT2D eigenvalue weighted by molar-refractivity contribution is 0.391. The summed E-state index contributed by atoms with van der Waals surface area (Å²) in [6.45, 7) is 10.3. The molecule has 1 aliphatic heterocycles. The summed E-state index contributed by atoms with van der Waals surface area (Å²) in [6, 6.07) is 7.02. The first-order chi connectivity index (χ1) is 12.9. The van der Waals surface area contributed by atoms with Crippen molar-refractivity contribution in [2.45, 2.75) is 58.5 Å². The molecule has 0 bridgehead atoms. The van der Waals surface area contributed by atoms with E-state index in [0.717, 1.165) is 49.1 Å². The Morgan fingerprint density at radius 1 is 1.41 bits per heavy atom. The Morgan fingerprint density at radius 2 is 2.22 bits per heavy atom. The molecular weight excluding hydrogens is 343 g/mol. The molecule has 2 N–H and O–H groups in total. The summed E-state index contributed by atoms with van der Waals surface area (Å²) in [4.78, 5) is 9.23. The zero-order valence-electron chi connectivity index (χ0n) is 16.6. The highest BCUT2D eigenvalue weighted by Crippen LogP contribution is 2.24. The van der Waals surface area contributed by atoms with E-state index in [-0.39, 0.29) is 17.3 Å². The molecule has 0 aliphatic carbocycles. The van der Waals surface area contributed by atoms with Crippen molar-refractivity contribution < 1.29 is 4.39 Å². The average molecular weight is 372 g/mol. The summed E-state index contributed by atoms with van der Waals surface area (Å²) in [5, 5.41) is 11.3.